The van der Waals surface area contributed by atoms with E-state index in [9.17, 15) is 4.79 Å². The van der Waals surface area contributed by atoms with E-state index in [0.717, 1.165) is 29.2 Å². The molecule has 0 aliphatic rings. The van der Waals surface area contributed by atoms with Crippen LogP contribution in [0.4, 0.5) is 5.69 Å². The molecule has 1 heterocycles. The third-order valence-electron chi connectivity index (χ3n) is 4.82. The second kappa shape index (κ2) is 8.93. The van der Waals surface area contributed by atoms with Gasteiger partial charge in [-0.05, 0) is 37.6 Å². The molecule has 0 spiro atoms. The monoisotopic (exact) mass is 396 g/mol. The number of halogens is 1. The first kappa shape index (κ1) is 20.0. The van der Waals surface area contributed by atoms with Crippen molar-refractivity contribution >= 4 is 23.2 Å². The Bertz CT molecular complexity index is 952. The van der Waals surface area contributed by atoms with Gasteiger partial charge in [-0.1, -0.05) is 48.0 Å². The number of hydrogen-bond donors (Lipinski definition) is 1. The van der Waals surface area contributed by atoms with Gasteiger partial charge in [0.15, 0.2) is 0 Å². The van der Waals surface area contributed by atoms with Gasteiger partial charge in [-0.2, -0.15) is 5.10 Å². The Hall–Kier alpha value is -2.79. The molecule has 0 aliphatic heterocycles. The third-order valence-corrected chi connectivity index (χ3v) is 5.18. The van der Waals surface area contributed by atoms with Gasteiger partial charge in [-0.25, -0.2) is 0 Å². The molecule has 0 atom stereocenters. The second-order valence-corrected chi connectivity index (χ2v) is 7.22. The normalized spacial score (nSPS) is 10.7. The molecule has 5 nitrogen and oxygen atoms in total. The summed E-state index contributed by atoms with van der Waals surface area (Å²) in [5.41, 5.74) is 4.29. The van der Waals surface area contributed by atoms with Crippen LogP contribution in [0.15, 0.2) is 54.6 Å². The molecule has 0 saturated heterocycles. The van der Waals surface area contributed by atoms with E-state index in [1.54, 1.807) is 0 Å². The van der Waals surface area contributed by atoms with Gasteiger partial charge in [0.2, 0.25) is 0 Å². The number of carbonyl (C=O) groups excluding carboxylic acids is 1. The van der Waals surface area contributed by atoms with Gasteiger partial charge in [0.1, 0.15) is 0 Å². The van der Waals surface area contributed by atoms with Crippen molar-refractivity contribution in [3.8, 4) is 0 Å². The maximum atomic E-state index is 12.7. The van der Waals surface area contributed by atoms with E-state index >= 15 is 0 Å². The molecule has 1 N–H and O–H groups in total. The predicted molar refractivity (Wildman–Crippen MR) is 114 cm³/mol. The Morgan fingerprint density at radius 1 is 1.11 bits per heavy atom. The van der Waals surface area contributed by atoms with Crippen LogP contribution in [-0.2, 0) is 6.54 Å². The number of carbonyl (C=O) groups is 1. The lowest BCUT2D eigenvalue weighted by Gasteiger charge is -2.19. The summed E-state index contributed by atoms with van der Waals surface area (Å²) in [5, 5.41) is 8.25. The molecule has 146 valence electrons. The molecule has 0 aliphatic carbocycles. The smallest absolute Gasteiger partial charge is 0.255 e. The van der Waals surface area contributed by atoms with E-state index in [2.05, 4.69) is 27.4 Å². The summed E-state index contributed by atoms with van der Waals surface area (Å²) in [6.45, 7) is 5.60. The zero-order chi connectivity index (χ0) is 20.1. The van der Waals surface area contributed by atoms with E-state index in [-0.39, 0.29) is 5.91 Å². The average molecular weight is 397 g/mol. The maximum absolute atomic E-state index is 12.7. The fourth-order valence-electron chi connectivity index (χ4n) is 3.20. The summed E-state index contributed by atoms with van der Waals surface area (Å²) in [7, 11) is 2.01. The molecule has 0 unspecified atom stereocenters. The minimum atomic E-state index is -0.0955. The van der Waals surface area contributed by atoms with Crippen LogP contribution in [0.2, 0.25) is 5.02 Å². The predicted octanol–water partition coefficient (Wildman–Crippen LogP) is 4.07. The number of aromatic nitrogens is 2. The number of likely N-dealkylation sites (N-methyl/N-ethyl adjacent to an activating group) is 1. The lowest BCUT2D eigenvalue weighted by Crippen LogP contribution is -2.33. The van der Waals surface area contributed by atoms with Crippen LogP contribution in [0.3, 0.4) is 0 Å². The van der Waals surface area contributed by atoms with Gasteiger partial charge in [0.25, 0.3) is 5.91 Å². The van der Waals surface area contributed by atoms with Crippen LogP contribution >= 0.6 is 11.6 Å². The number of para-hydroxylation sites is 1. The molecule has 0 radical (unpaired) electrons. The number of nitrogens with one attached hydrogen (secondary N) is 1. The van der Waals surface area contributed by atoms with Gasteiger partial charge in [0.05, 0.1) is 17.8 Å². The average Bonchev–Trinajstić information content (AvgIpc) is 2.97. The van der Waals surface area contributed by atoms with Crippen LogP contribution in [0, 0.1) is 13.8 Å². The SMILES string of the molecule is Cc1nn(Cc2ccccc2Cl)c(C)c1C(=O)NCCN(C)c1ccccc1. The molecule has 6 heteroatoms. The Morgan fingerprint density at radius 2 is 1.79 bits per heavy atom. The van der Waals surface area contributed by atoms with Crippen LogP contribution in [0.25, 0.3) is 0 Å². The van der Waals surface area contributed by atoms with E-state index in [0.29, 0.717) is 23.7 Å². The van der Waals surface area contributed by atoms with Crippen molar-refractivity contribution in [3.63, 3.8) is 0 Å². The lowest BCUT2D eigenvalue weighted by molar-refractivity contribution is 0.0953. The minimum absolute atomic E-state index is 0.0955. The Kier molecular flexibility index (Phi) is 6.37. The zero-order valence-corrected chi connectivity index (χ0v) is 17.2. The fraction of sp³-hybridized carbons (Fsp3) is 0.273. The van der Waals surface area contributed by atoms with Crippen molar-refractivity contribution in [2.45, 2.75) is 20.4 Å². The summed E-state index contributed by atoms with van der Waals surface area (Å²) < 4.78 is 1.83. The van der Waals surface area contributed by atoms with Crippen LogP contribution in [-0.4, -0.2) is 35.8 Å². The summed E-state index contributed by atoms with van der Waals surface area (Å²) >= 11 is 6.26. The number of hydrogen-bond acceptors (Lipinski definition) is 3. The highest BCUT2D eigenvalue weighted by atomic mass is 35.5. The van der Waals surface area contributed by atoms with Crippen LogP contribution in [0.1, 0.15) is 27.3 Å². The molecule has 3 aromatic rings. The summed E-state index contributed by atoms with van der Waals surface area (Å²) in [6.07, 6.45) is 0. The van der Waals surface area contributed by atoms with Crippen molar-refractivity contribution < 1.29 is 4.79 Å². The van der Waals surface area contributed by atoms with E-state index in [4.69, 9.17) is 11.6 Å². The molecule has 0 fully saturated rings. The van der Waals surface area contributed by atoms with Gasteiger partial charge >= 0.3 is 0 Å². The highest BCUT2D eigenvalue weighted by Crippen LogP contribution is 2.19. The maximum Gasteiger partial charge on any atom is 0.255 e. The Morgan fingerprint density at radius 3 is 2.50 bits per heavy atom. The van der Waals surface area contributed by atoms with Crippen molar-refractivity contribution in [2.75, 3.05) is 25.0 Å². The quantitative estimate of drug-likeness (QED) is 0.655. The zero-order valence-electron chi connectivity index (χ0n) is 16.4. The first-order valence-corrected chi connectivity index (χ1v) is 9.67. The van der Waals surface area contributed by atoms with Crippen LogP contribution < -0.4 is 10.2 Å². The van der Waals surface area contributed by atoms with Gasteiger partial charge in [-0.3, -0.25) is 9.48 Å². The molecule has 1 amide bonds. The number of benzene rings is 2. The Balaban J connectivity index is 1.64. The van der Waals surface area contributed by atoms with Gasteiger partial charge in [-0.15, -0.1) is 0 Å². The van der Waals surface area contributed by atoms with Crippen molar-refractivity contribution in [1.29, 1.82) is 0 Å². The molecule has 1 aromatic heterocycles. The number of nitrogens with zero attached hydrogens (tertiary/aromatic N) is 3. The number of amides is 1. The molecule has 3 rings (SSSR count). The number of anilines is 1. The first-order valence-electron chi connectivity index (χ1n) is 9.29. The van der Waals surface area contributed by atoms with Gasteiger partial charge in [0, 0.05) is 36.5 Å². The molecular weight excluding hydrogens is 372 g/mol. The van der Waals surface area contributed by atoms with E-state index in [1.165, 1.54) is 0 Å². The van der Waals surface area contributed by atoms with E-state index < -0.39 is 0 Å². The van der Waals surface area contributed by atoms with Crippen molar-refractivity contribution in [2.24, 2.45) is 0 Å². The topological polar surface area (TPSA) is 50.2 Å². The first-order chi connectivity index (χ1) is 13.5. The molecule has 0 saturated carbocycles. The summed E-state index contributed by atoms with van der Waals surface area (Å²) in [4.78, 5) is 14.8. The highest BCUT2D eigenvalue weighted by molar-refractivity contribution is 6.31. The molecular formula is C22H25ClN4O. The third kappa shape index (κ3) is 4.54. The lowest BCUT2D eigenvalue weighted by atomic mass is 10.1. The van der Waals surface area contributed by atoms with Gasteiger partial charge < -0.3 is 10.2 Å². The summed E-state index contributed by atoms with van der Waals surface area (Å²) in [5.74, 6) is -0.0955. The van der Waals surface area contributed by atoms with Crippen molar-refractivity contribution in [3.05, 3.63) is 82.1 Å². The standard InChI is InChI=1S/C22H25ClN4O/c1-16-21(17(2)27(25-16)15-18-9-7-8-12-20(18)23)22(28)24-13-14-26(3)19-10-5-4-6-11-19/h4-12H,13-15H2,1-3H3,(H,24,28). The highest BCUT2D eigenvalue weighted by Gasteiger charge is 2.19. The van der Waals surface area contributed by atoms with Crippen molar-refractivity contribution in [1.82, 2.24) is 15.1 Å². The summed E-state index contributed by atoms with van der Waals surface area (Å²) in [6, 6.07) is 17.8. The van der Waals surface area contributed by atoms with Crippen LogP contribution in [0.5, 0.6) is 0 Å². The molecule has 0 bridgehead atoms. The number of rotatable bonds is 7. The second-order valence-electron chi connectivity index (χ2n) is 6.81. The van der Waals surface area contributed by atoms with E-state index in [1.807, 2.05) is 68.0 Å². The number of aryl methyl sites for hydroxylation is 1. The minimum Gasteiger partial charge on any atom is -0.373 e. The molecule has 28 heavy (non-hydrogen) atoms. The molecule has 2 aromatic carbocycles. The largest absolute Gasteiger partial charge is 0.373 e. The Labute approximate surface area is 170 Å². The fourth-order valence-corrected chi connectivity index (χ4v) is 3.40.